The molecule has 0 fully saturated rings. The molecule has 0 aromatic rings. The van der Waals surface area contributed by atoms with Gasteiger partial charge >= 0.3 is 0 Å². The number of hydrogen-bond acceptors (Lipinski definition) is 0. The first-order valence-corrected chi connectivity index (χ1v) is 5.01. The van der Waals surface area contributed by atoms with Gasteiger partial charge in [-0.15, -0.1) is 0 Å². The minimum atomic E-state index is -0.176. The monoisotopic (exact) mass is 174 g/mol. The van der Waals surface area contributed by atoms with Crippen LogP contribution in [0.25, 0.3) is 0 Å². The van der Waals surface area contributed by atoms with E-state index in [1.165, 1.54) is 11.1 Å². The van der Waals surface area contributed by atoms with Gasteiger partial charge in [0.25, 0.3) is 0 Å². The highest BCUT2D eigenvalue weighted by atomic mass is 14.3. The predicted octanol–water partition coefficient (Wildman–Crippen LogP) is 3.51. The number of hydrogen-bond donors (Lipinski definition) is 0. The Hall–Kier alpha value is -0.455. The second-order valence-corrected chi connectivity index (χ2v) is 4.83. The molecule has 1 heteroatoms. The van der Waals surface area contributed by atoms with Crippen LogP contribution in [0.1, 0.15) is 34.6 Å². The molecule has 0 bridgehead atoms. The molecule has 2 unspecified atom stereocenters. The number of allylic oxidation sites excluding steroid dienone is 4. The molecule has 0 saturated heterocycles. The van der Waals surface area contributed by atoms with E-state index in [2.05, 4.69) is 46.8 Å². The molecular weight excluding hydrogens is 155 g/mol. The van der Waals surface area contributed by atoms with Crippen molar-refractivity contribution in [1.29, 1.82) is 0 Å². The molecule has 0 amide bonds. The van der Waals surface area contributed by atoms with Gasteiger partial charge in [-0.2, -0.15) is 0 Å². The smallest absolute Gasteiger partial charge is 0.0781 e. The number of rotatable bonds is 1. The van der Waals surface area contributed by atoms with Crippen LogP contribution in [0.5, 0.6) is 0 Å². The van der Waals surface area contributed by atoms with E-state index >= 15 is 0 Å². The Bertz CT molecular complexity index is 253. The molecule has 1 aliphatic carbocycles. The molecule has 0 N–H and O–H groups in total. The molecule has 0 aromatic heterocycles. The van der Waals surface area contributed by atoms with Gasteiger partial charge in [-0.3, -0.25) is 0 Å². The van der Waals surface area contributed by atoms with Crippen molar-refractivity contribution in [2.75, 3.05) is 0 Å². The molecule has 0 aliphatic heterocycles. The van der Waals surface area contributed by atoms with Crippen molar-refractivity contribution in [1.82, 2.24) is 0 Å². The summed E-state index contributed by atoms with van der Waals surface area (Å²) >= 11 is 0. The van der Waals surface area contributed by atoms with Gasteiger partial charge in [-0.1, -0.05) is 56.3 Å². The lowest BCUT2D eigenvalue weighted by Gasteiger charge is -2.32. The fraction of sp³-hybridized carbons (Fsp3) is 0.667. The SMILES string of the molecule is [B]C(C)(C)C1=CC(C)C(C)=CC1C. The molecule has 1 rings (SSSR count). The Morgan fingerprint density at radius 3 is 2.15 bits per heavy atom. The molecule has 0 aromatic carbocycles. The lowest BCUT2D eigenvalue weighted by Crippen LogP contribution is -2.17. The van der Waals surface area contributed by atoms with E-state index in [0.717, 1.165) is 0 Å². The molecule has 1 aliphatic rings. The Morgan fingerprint density at radius 2 is 1.69 bits per heavy atom. The van der Waals surface area contributed by atoms with Crippen LogP contribution in [0.2, 0.25) is 5.31 Å². The second-order valence-electron chi connectivity index (χ2n) is 4.83. The summed E-state index contributed by atoms with van der Waals surface area (Å²) in [6.07, 6.45) is 4.65. The molecule has 0 nitrogen and oxygen atoms in total. The van der Waals surface area contributed by atoms with Crippen LogP contribution in [0.4, 0.5) is 0 Å². The average Bonchev–Trinajstić information content (AvgIpc) is 1.94. The molecule has 2 atom stereocenters. The van der Waals surface area contributed by atoms with E-state index in [1.807, 2.05) is 0 Å². The Labute approximate surface area is 83.5 Å². The zero-order valence-electron chi connectivity index (χ0n) is 9.39. The molecule has 70 valence electrons. The maximum atomic E-state index is 6.11. The van der Waals surface area contributed by atoms with Gasteiger partial charge in [0, 0.05) is 0 Å². The van der Waals surface area contributed by atoms with Crippen molar-refractivity contribution in [2.24, 2.45) is 11.8 Å². The molecule has 0 spiro atoms. The highest BCUT2D eigenvalue weighted by Gasteiger charge is 2.24. The van der Waals surface area contributed by atoms with Crippen LogP contribution >= 0.6 is 0 Å². The van der Waals surface area contributed by atoms with E-state index in [0.29, 0.717) is 11.8 Å². The van der Waals surface area contributed by atoms with Gasteiger partial charge in [0.15, 0.2) is 0 Å². The fourth-order valence-corrected chi connectivity index (χ4v) is 1.99. The molecular formula is C12H19B. The van der Waals surface area contributed by atoms with Crippen molar-refractivity contribution in [3.8, 4) is 0 Å². The third kappa shape index (κ3) is 2.27. The van der Waals surface area contributed by atoms with Crippen molar-refractivity contribution < 1.29 is 0 Å². The van der Waals surface area contributed by atoms with Crippen molar-refractivity contribution in [3.63, 3.8) is 0 Å². The maximum absolute atomic E-state index is 6.11. The summed E-state index contributed by atoms with van der Waals surface area (Å²) in [7, 11) is 6.11. The Morgan fingerprint density at radius 1 is 1.15 bits per heavy atom. The fourth-order valence-electron chi connectivity index (χ4n) is 1.99. The molecule has 0 saturated carbocycles. The van der Waals surface area contributed by atoms with Crippen LogP contribution in [0.3, 0.4) is 0 Å². The summed E-state index contributed by atoms with van der Waals surface area (Å²) in [6, 6.07) is 0. The zero-order chi connectivity index (χ0) is 10.2. The maximum Gasteiger partial charge on any atom is 0.0798 e. The van der Waals surface area contributed by atoms with E-state index in [1.54, 1.807) is 0 Å². The first-order valence-electron chi connectivity index (χ1n) is 5.01. The minimum absolute atomic E-state index is 0.176. The van der Waals surface area contributed by atoms with E-state index in [9.17, 15) is 0 Å². The van der Waals surface area contributed by atoms with Crippen LogP contribution in [0.15, 0.2) is 23.3 Å². The second kappa shape index (κ2) is 3.36. The van der Waals surface area contributed by atoms with E-state index in [-0.39, 0.29) is 5.31 Å². The van der Waals surface area contributed by atoms with Crippen molar-refractivity contribution in [3.05, 3.63) is 23.3 Å². The molecule has 13 heavy (non-hydrogen) atoms. The zero-order valence-corrected chi connectivity index (χ0v) is 9.39. The molecule has 2 radical (unpaired) electrons. The van der Waals surface area contributed by atoms with Crippen molar-refractivity contribution in [2.45, 2.75) is 39.9 Å². The van der Waals surface area contributed by atoms with Crippen molar-refractivity contribution >= 4 is 7.85 Å². The summed E-state index contributed by atoms with van der Waals surface area (Å²) in [4.78, 5) is 0. The third-order valence-electron chi connectivity index (χ3n) is 2.90. The summed E-state index contributed by atoms with van der Waals surface area (Å²) in [5, 5.41) is -0.176. The van der Waals surface area contributed by atoms with Gasteiger partial charge in [-0.05, 0) is 18.8 Å². The van der Waals surface area contributed by atoms with Gasteiger partial charge in [-0.25, -0.2) is 0 Å². The minimum Gasteiger partial charge on any atom is -0.0781 e. The highest BCUT2D eigenvalue weighted by Crippen LogP contribution is 2.40. The quantitative estimate of drug-likeness (QED) is 0.421. The van der Waals surface area contributed by atoms with Crippen LogP contribution in [-0.2, 0) is 0 Å². The topological polar surface area (TPSA) is 0 Å². The van der Waals surface area contributed by atoms with Gasteiger partial charge in [0.2, 0.25) is 0 Å². The Kier molecular flexibility index (Phi) is 2.75. The lowest BCUT2D eigenvalue weighted by molar-refractivity contribution is 0.636. The first kappa shape index (κ1) is 10.6. The van der Waals surface area contributed by atoms with Gasteiger partial charge in [0.1, 0.15) is 0 Å². The third-order valence-corrected chi connectivity index (χ3v) is 2.90. The van der Waals surface area contributed by atoms with E-state index in [4.69, 9.17) is 7.85 Å². The lowest BCUT2D eigenvalue weighted by atomic mass is 9.61. The highest BCUT2D eigenvalue weighted by molar-refractivity contribution is 6.16. The normalized spacial score (nSPS) is 29.6. The largest absolute Gasteiger partial charge is 0.0798 e. The summed E-state index contributed by atoms with van der Waals surface area (Å²) in [5.74, 6) is 1.05. The van der Waals surface area contributed by atoms with Crippen LogP contribution in [-0.4, -0.2) is 7.85 Å². The van der Waals surface area contributed by atoms with Gasteiger partial charge in [0.05, 0.1) is 7.85 Å². The molecule has 0 heterocycles. The van der Waals surface area contributed by atoms with Gasteiger partial charge < -0.3 is 0 Å². The average molecular weight is 174 g/mol. The van der Waals surface area contributed by atoms with Crippen LogP contribution < -0.4 is 0 Å². The van der Waals surface area contributed by atoms with Crippen LogP contribution in [0, 0.1) is 11.8 Å². The predicted molar refractivity (Wildman–Crippen MR) is 60.0 cm³/mol. The summed E-state index contributed by atoms with van der Waals surface area (Å²) < 4.78 is 0. The standard InChI is InChI=1S/C12H19B/c1-8-6-10(3)11(7-9(8)2)12(4,5)13/h6-7,9-10H,1-5H3. The summed E-state index contributed by atoms with van der Waals surface area (Å²) in [6.45, 7) is 10.8. The first-order chi connectivity index (χ1) is 5.82. The Balaban J connectivity index is 2.96. The van der Waals surface area contributed by atoms with E-state index < -0.39 is 0 Å². The summed E-state index contributed by atoms with van der Waals surface area (Å²) in [5.41, 5.74) is 2.83.